The van der Waals surface area contributed by atoms with Gasteiger partial charge in [0.2, 0.25) is 0 Å². The van der Waals surface area contributed by atoms with Crippen LogP contribution in [0.25, 0.3) is 0 Å². The lowest BCUT2D eigenvalue weighted by Gasteiger charge is -2.14. The lowest BCUT2D eigenvalue weighted by molar-refractivity contribution is -0.144. The number of rotatable bonds is 4. The van der Waals surface area contributed by atoms with E-state index in [9.17, 15) is 9.59 Å². The highest BCUT2D eigenvalue weighted by atomic mass is 16.5. The van der Waals surface area contributed by atoms with Crippen molar-refractivity contribution in [3.63, 3.8) is 0 Å². The van der Waals surface area contributed by atoms with Crippen molar-refractivity contribution in [2.75, 3.05) is 13.2 Å². The van der Waals surface area contributed by atoms with Gasteiger partial charge < -0.3 is 9.64 Å². The molecule has 0 aliphatic carbocycles. The quantitative estimate of drug-likeness (QED) is 0.742. The molecule has 90 valence electrons. The number of amides is 1. The number of benzene rings is 1. The molecule has 1 aliphatic rings. The smallest absolute Gasteiger partial charge is 0.325 e. The number of fused-ring (bicyclic) bond motifs is 1. The Bertz CT molecular complexity index is 442. The van der Waals surface area contributed by atoms with Gasteiger partial charge in [-0.3, -0.25) is 9.59 Å². The van der Waals surface area contributed by atoms with Crippen molar-refractivity contribution in [3.8, 4) is 0 Å². The number of carbonyl (C=O) groups is 2. The Kier molecular flexibility index (Phi) is 3.42. The zero-order valence-electron chi connectivity index (χ0n) is 9.81. The second-order valence-electron chi connectivity index (χ2n) is 4.04. The Labute approximate surface area is 100 Å². The molecule has 1 heterocycles. The molecule has 0 radical (unpaired) electrons. The summed E-state index contributed by atoms with van der Waals surface area (Å²) in [5.41, 5.74) is 1.66. The van der Waals surface area contributed by atoms with Gasteiger partial charge in [-0.15, -0.1) is 0 Å². The Balaban J connectivity index is 1.98. The first kappa shape index (κ1) is 11.6. The summed E-state index contributed by atoms with van der Waals surface area (Å²) in [5.74, 6) is -0.429. The summed E-state index contributed by atoms with van der Waals surface area (Å²) in [5, 5.41) is 0. The molecule has 1 aromatic carbocycles. The van der Waals surface area contributed by atoms with Crippen molar-refractivity contribution < 1.29 is 14.3 Å². The molecular weight excluding hydrogens is 218 g/mol. The maximum Gasteiger partial charge on any atom is 0.325 e. The van der Waals surface area contributed by atoms with Crippen LogP contribution in [0.2, 0.25) is 0 Å². The average molecular weight is 233 g/mol. The SMILES string of the molecule is CCCOC(=O)CN1Cc2ccccc2C1=O. The largest absolute Gasteiger partial charge is 0.464 e. The third-order valence-corrected chi connectivity index (χ3v) is 2.68. The minimum Gasteiger partial charge on any atom is -0.464 e. The van der Waals surface area contributed by atoms with Gasteiger partial charge in [-0.05, 0) is 18.1 Å². The predicted molar refractivity (Wildman–Crippen MR) is 62.4 cm³/mol. The fraction of sp³-hybridized carbons (Fsp3) is 0.385. The Morgan fingerprint density at radius 2 is 2.18 bits per heavy atom. The fourth-order valence-corrected chi connectivity index (χ4v) is 1.86. The molecule has 1 aromatic rings. The minimum atomic E-state index is -0.340. The van der Waals surface area contributed by atoms with Crippen LogP contribution >= 0.6 is 0 Å². The maximum atomic E-state index is 11.9. The molecule has 0 atom stereocenters. The van der Waals surface area contributed by atoms with Crippen LogP contribution in [0.4, 0.5) is 0 Å². The predicted octanol–water partition coefficient (Wildman–Crippen LogP) is 1.60. The number of nitrogens with zero attached hydrogens (tertiary/aromatic N) is 1. The molecule has 0 bridgehead atoms. The third kappa shape index (κ3) is 2.46. The van der Waals surface area contributed by atoms with Gasteiger partial charge in [0.05, 0.1) is 6.61 Å². The summed E-state index contributed by atoms with van der Waals surface area (Å²) in [4.78, 5) is 24.9. The summed E-state index contributed by atoms with van der Waals surface area (Å²) in [6.07, 6.45) is 0.792. The molecule has 1 amide bonds. The van der Waals surface area contributed by atoms with Crippen molar-refractivity contribution in [3.05, 3.63) is 35.4 Å². The van der Waals surface area contributed by atoms with Gasteiger partial charge in [0, 0.05) is 12.1 Å². The monoisotopic (exact) mass is 233 g/mol. The normalized spacial score (nSPS) is 13.7. The van der Waals surface area contributed by atoms with E-state index in [0.717, 1.165) is 12.0 Å². The number of esters is 1. The minimum absolute atomic E-state index is 0.0352. The van der Waals surface area contributed by atoms with Crippen LogP contribution in [0.15, 0.2) is 24.3 Å². The highest BCUT2D eigenvalue weighted by molar-refractivity contribution is 5.99. The topological polar surface area (TPSA) is 46.6 Å². The molecular formula is C13H15NO3. The second-order valence-corrected chi connectivity index (χ2v) is 4.04. The van der Waals surface area contributed by atoms with Crippen molar-refractivity contribution in [2.24, 2.45) is 0 Å². The second kappa shape index (κ2) is 4.99. The number of hydrogen-bond acceptors (Lipinski definition) is 3. The Morgan fingerprint density at radius 1 is 1.41 bits per heavy atom. The van der Waals surface area contributed by atoms with E-state index in [2.05, 4.69) is 0 Å². The van der Waals surface area contributed by atoms with Crippen LogP contribution in [-0.4, -0.2) is 29.9 Å². The molecule has 0 spiro atoms. The van der Waals surface area contributed by atoms with Gasteiger partial charge in [-0.2, -0.15) is 0 Å². The molecule has 1 aliphatic heterocycles. The molecule has 0 aromatic heterocycles. The lowest BCUT2D eigenvalue weighted by atomic mass is 10.1. The zero-order chi connectivity index (χ0) is 12.3. The van der Waals surface area contributed by atoms with Gasteiger partial charge in [0.1, 0.15) is 6.54 Å². The van der Waals surface area contributed by atoms with E-state index >= 15 is 0 Å². The first-order valence-corrected chi connectivity index (χ1v) is 5.75. The van der Waals surface area contributed by atoms with E-state index < -0.39 is 0 Å². The van der Waals surface area contributed by atoms with Crippen LogP contribution in [0.3, 0.4) is 0 Å². The highest BCUT2D eigenvalue weighted by Crippen LogP contribution is 2.21. The third-order valence-electron chi connectivity index (χ3n) is 2.68. The maximum absolute atomic E-state index is 11.9. The average Bonchev–Trinajstić information content (AvgIpc) is 2.64. The van der Waals surface area contributed by atoms with Crippen LogP contribution in [-0.2, 0) is 16.1 Å². The van der Waals surface area contributed by atoms with Gasteiger partial charge in [-0.25, -0.2) is 0 Å². The number of hydrogen-bond donors (Lipinski definition) is 0. The van der Waals surface area contributed by atoms with E-state index in [0.29, 0.717) is 18.7 Å². The summed E-state index contributed by atoms with van der Waals surface area (Å²) in [6, 6.07) is 7.42. The van der Waals surface area contributed by atoms with Gasteiger partial charge >= 0.3 is 5.97 Å². The summed E-state index contributed by atoms with van der Waals surface area (Å²) in [7, 11) is 0. The van der Waals surface area contributed by atoms with E-state index in [1.807, 2.05) is 25.1 Å². The van der Waals surface area contributed by atoms with Crippen LogP contribution < -0.4 is 0 Å². The molecule has 0 N–H and O–H groups in total. The standard InChI is InChI=1S/C13H15NO3/c1-2-7-17-12(15)9-14-8-10-5-3-4-6-11(10)13(14)16/h3-6H,2,7-9H2,1H3. The first-order valence-electron chi connectivity index (χ1n) is 5.75. The van der Waals surface area contributed by atoms with Gasteiger partial charge in [-0.1, -0.05) is 25.1 Å². The molecule has 2 rings (SSSR count). The van der Waals surface area contributed by atoms with E-state index in [1.165, 1.54) is 4.90 Å². The zero-order valence-corrected chi connectivity index (χ0v) is 9.81. The molecule has 0 fully saturated rings. The van der Waals surface area contributed by atoms with Gasteiger partial charge in [0.15, 0.2) is 0 Å². The van der Waals surface area contributed by atoms with Crippen LogP contribution in [0.1, 0.15) is 29.3 Å². The Hall–Kier alpha value is -1.84. The molecule has 0 saturated heterocycles. The molecule has 0 unspecified atom stereocenters. The number of carbonyl (C=O) groups excluding carboxylic acids is 2. The summed E-state index contributed by atoms with van der Waals surface area (Å²) in [6.45, 7) is 2.88. The Morgan fingerprint density at radius 3 is 2.88 bits per heavy atom. The highest BCUT2D eigenvalue weighted by Gasteiger charge is 2.28. The van der Waals surface area contributed by atoms with Crippen molar-refractivity contribution in [2.45, 2.75) is 19.9 Å². The van der Waals surface area contributed by atoms with E-state index in [4.69, 9.17) is 4.74 Å². The van der Waals surface area contributed by atoms with E-state index in [1.54, 1.807) is 6.07 Å². The molecule has 4 nitrogen and oxygen atoms in total. The van der Waals surface area contributed by atoms with Crippen LogP contribution in [0.5, 0.6) is 0 Å². The van der Waals surface area contributed by atoms with Crippen LogP contribution in [0, 0.1) is 0 Å². The summed E-state index contributed by atoms with van der Waals surface area (Å²) < 4.78 is 4.97. The van der Waals surface area contributed by atoms with Crippen molar-refractivity contribution in [1.82, 2.24) is 4.90 Å². The van der Waals surface area contributed by atoms with Gasteiger partial charge in [0.25, 0.3) is 5.91 Å². The lowest BCUT2D eigenvalue weighted by Crippen LogP contribution is -2.31. The molecule has 0 saturated carbocycles. The van der Waals surface area contributed by atoms with Crippen molar-refractivity contribution in [1.29, 1.82) is 0 Å². The van der Waals surface area contributed by atoms with E-state index in [-0.39, 0.29) is 18.4 Å². The molecule has 17 heavy (non-hydrogen) atoms. The summed E-state index contributed by atoms with van der Waals surface area (Å²) >= 11 is 0. The fourth-order valence-electron chi connectivity index (χ4n) is 1.86. The molecule has 4 heteroatoms. The van der Waals surface area contributed by atoms with Crippen molar-refractivity contribution >= 4 is 11.9 Å². The number of ether oxygens (including phenoxy) is 1. The first-order chi connectivity index (χ1) is 8.22.